The molecule has 0 radical (unpaired) electrons. The number of carbonyl (C=O) groups is 2. The van der Waals surface area contributed by atoms with E-state index < -0.39 is 48.4 Å². The Morgan fingerprint density at radius 2 is 1.84 bits per heavy atom. The quantitative estimate of drug-likeness (QED) is 0.299. The molecule has 0 fully saturated rings. The standard InChI is InChI=1S/C30H42O8/c1-5-30(4,38-24-11-6-18(2)7-12-24)29(36)37-26-16-22(32)14-20-9-8-19(3)25(28(20)26)13-10-21(31)15-23(33)17-27(34)35/h6-9,11-12,14,19,21-23,25-26,28,31-33H,5,10,13,15-17H2,1-4H3,(H,34,35)/t19-,21-,22-,23-,25+,26+,28+,30+/m1/s1. The number of carbonyl (C=O) groups excluding carboxylic acids is 1. The van der Waals surface area contributed by atoms with Crippen molar-refractivity contribution < 1.29 is 39.5 Å². The highest BCUT2D eigenvalue weighted by molar-refractivity contribution is 5.79. The minimum absolute atomic E-state index is 0.0149. The van der Waals surface area contributed by atoms with Gasteiger partial charge < -0.3 is 29.9 Å². The highest BCUT2D eigenvalue weighted by atomic mass is 16.6. The summed E-state index contributed by atoms with van der Waals surface area (Å²) < 4.78 is 12.2. The van der Waals surface area contributed by atoms with Crippen LogP contribution in [0.15, 0.2) is 48.1 Å². The molecule has 0 saturated heterocycles. The second-order valence-electron chi connectivity index (χ2n) is 11.0. The third-order valence-electron chi connectivity index (χ3n) is 7.89. The number of carboxylic acids is 1. The van der Waals surface area contributed by atoms with E-state index in [1.54, 1.807) is 13.0 Å². The van der Waals surface area contributed by atoms with Crippen molar-refractivity contribution in [3.05, 3.63) is 53.6 Å². The van der Waals surface area contributed by atoms with Crippen LogP contribution >= 0.6 is 0 Å². The Balaban J connectivity index is 1.74. The number of carboxylic acid groups (broad SMARTS) is 1. The van der Waals surface area contributed by atoms with Gasteiger partial charge in [0, 0.05) is 12.3 Å². The van der Waals surface area contributed by atoms with Crippen LogP contribution in [-0.4, -0.2) is 62.4 Å². The molecule has 0 bridgehead atoms. The summed E-state index contributed by atoms with van der Waals surface area (Å²) in [4.78, 5) is 24.3. The lowest BCUT2D eigenvalue weighted by Gasteiger charge is -2.43. The van der Waals surface area contributed by atoms with Gasteiger partial charge in [0.05, 0.1) is 24.7 Å². The molecule has 0 heterocycles. The Kier molecular flexibility index (Phi) is 10.2. The fourth-order valence-corrected chi connectivity index (χ4v) is 5.48. The molecule has 8 nitrogen and oxygen atoms in total. The van der Waals surface area contributed by atoms with Crippen molar-refractivity contribution in [2.45, 2.75) is 96.2 Å². The molecule has 0 amide bonds. The van der Waals surface area contributed by atoms with Crippen LogP contribution in [0.2, 0.25) is 0 Å². The van der Waals surface area contributed by atoms with Crippen molar-refractivity contribution in [1.29, 1.82) is 0 Å². The van der Waals surface area contributed by atoms with E-state index in [0.29, 0.717) is 25.0 Å². The highest BCUT2D eigenvalue weighted by Crippen LogP contribution is 2.44. The number of fused-ring (bicyclic) bond motifs is 1. The summed E-state index contributed by atoms with van der Waals surface area (Å²) in [6.45, 7) is 7.63. The smallest absolute Gasteiger partial charge is 0.350 e. The van der Waals surface area contributed by atoms with Crippen LogP contribution in [0.1, 0.15) is 64.9 Å². The van der Waals surface area contributed by atoms with Gasteiger partial charge >= 0.3 is 11.9 Å². The zero-order valence-electron chi connectivity index (χ0n) is 22.7. The molecule has 0 aliphatic heterocycles. The van der Waals surface area contributed by atoms with Crippen LogP contribution in [-0.2, 0) is 14.3 Å². The third-order valence-corrected chi connectivity index (χ3v) is 7.89. The number of allylic oxidation sites excluding steroid dienone is 2. The topological polar surface area (TPSA) is 134 Å². The summed E-state index contributed by atoms with van der Waals surface area (Å²) in [6.07, 6.45) is 3.75. The van der Waals surface area contributed by atoms with Crippen molar-refractivity contribution in [2.75, 3.05) is 0 Å². The van der Waals surface area contributed by atoms with Crippen molar-refractivity contribution >= 4 is 11.9 Å². The van der Waals surface area contributed by atoms with E-state index >= 15 is 0 Å². The Hall–Kier alpha value is -2.68. The fraction of sp³-hybridized carbons (Fsp3) is 0.600. The van der Waals surface area contributed by atoms with E-state index in [1.807, 2.05) is 44.2 Å². The Bertz CT molecular complexity index is 1020. The monoisotopic (exact) mass is 530 g/mol. The molecule has 2 aliphatic rings. The molecular weight excluding hydrogens is 488 g/mol. The summed E-state index contributed by atoms with van der Waals surface area (Å²) in [6, 6.07) is 7.48. The zero-order valence-corrected chi connectivity index (χ0v) is 22.7. The maximum Gasteiger partial charge on any atom is 0.350 e. The number of aliphatic carboxylic acids is 1. The molecule has 8 heteroatoms. The van der Waals surface area contributed by atoms with Gasteiger partial charge in [-0.3, -0.25) is 4.79 Å². The average molecular weight is 531 g/mol. The SMILES string of the molecule is CC[C@](C)(Oc1ccc(C)cc1)C(=O)O[C@H]1C[C@H](O)C=C2C=C[C@@H](C)[C@H](CC[C@@H](O)C[C@@H](O)CC(=O)O)[C@H]21. The van der Waals surface area contributed by atoms with Crippen molar-refractivity contribution in [3.8, 4) is 5.75 Å². The molecule has 8 atom stereocenters. The number of ether oxygens (including phenoxy) is 2. The molecule has 0 spiro atoms. The molecule has 38 heavy (non-hydrogen) atoms. The number of rotatable bonds is 12. The van der Waals surface area contributed by atoms with E-state index in [0.717, 1.165) is 11.1 Å². The molecule has 1 aromatic carbocycles. The van der Waals surface area contributed by atoms with Gasteiger partial charge in [-0.05, 0) is 69.1 Å². The molecule has 3 rings (SSSR count). The lowest BCUT2D eigenvalue weighted by molar-refractivity contribution is -0.172. The van der Waals surface area contributed by atoms with Gasteiger partial charge in [-0.1, -0.05) is 49.8 Å². The van der Waals surface area contributed by atoms with Crippen molar-refractivity contribution in [3.63, 3.8) is 0 Å². The van der Waals surface area contributed by atoms with Gasteiger partial charge in [0.25, 0.3) is 0 Å². The summed E-state index contributed by atoms with van der Waals surface area (Å²) in [5.74, 6) is -1.04. The predicted octanol–water partition coefficient (Wildman–Crippen LogP) is 3.95. The summed E-state index contributed by atoms with van der Waals surface area (Å²) in [5.41, 5.74) is 0.784. The lowest BCUT2D eigenvalue weighted by atomic mass is 9.66. The number of benzene rings is 1. The number of esters is 1. The fourth-order valence-electron chi connectivity index (χ4n) is 5.48. The normalized spacial score (nSPS) is 27.9. The van der Waals surface area contributed by atoms with Gasteiger partial charge in [0.1, 0.15) is 11.9 Å². The molecule has 0 saturated carbocycles. The number of hydrogen-bond donors (Lipinski definition) is 4. The van der Waals surface area contributed by atoms with Gasteiger partial charge in [0.2, 0.25) is 5.60 Å². The average Bonchev–Trinajstić information content (AvgIpc) is 2.84. The number of aliphatic hydroxyl groups excluding tert-OH is 3. The Morgan fingerprint density at radius 3 is 2.47 bits per heavy atom. The van der Waals surface area contributed by atoms with Gasteiger partial charge in [0.15, 0.2) is 0 Å². The molecule has 4 N–H and O–H groups in total. The summed E-state index contributed by atoms with van der Waals surface area (Å²) >= 11 is 0. The van der Waals surface area contributed by atoms with Crippen LogP contribution in [0.25, 0.3) is 0 Å². The second kappa shape index (κ2) is 12.9. The highest BCUT2D eigenvalue weighted by Gasteiger charge is 2.45. The number of hydrogen-bond acceptors (Lipinski definition) is 7. The van der Waals surface area contributed by atoms with Crippen LogP contribution < -0.4 is 4.74 Å². The van der Waals surface area contributed by atoms with Gasteiger partial charge in [-0.25, -0.2) is 4.79 Å². The van der Waals surface area contributed by atoms with E-state index in [9.17, 15) is 24.9 Å². The first-order chi connectivity index (χ1) is 17.9. The lowest BCUT2D eigenvalue weighted by Crippen LogP contribution is -2.48. The van der Waals surface area contributed by atoms with Crippen molar-refractivity contribution in [2.24, 2.45) is 17.8 Å². The van der Waals surface area contributed by atoms with Crippen LogP contribution in [0.4, 0.5) is 0 Å². The first kappa shape index (κ1) is 29.9. The van der Waals surface area contributed by atoms with Crippen LogP contribution in [0.5, 0.6) is 5.75 Å². The van der Waals surface area contributed by atoms with Crippen molar-refractivity contribution in [1.82, 2.24) is 0 Å². The molecule has 210 valence electrons. The molecule has 2 aliphatic carbocycles. The van der Waals surface area contributed by atoms with E-state index in [4.69, 9.17) is 14.6 Å². The van der Waals surface area contributed by atoms with E-state index in [-0.39, 0.29) is 30.6 Å². The predicted molar refractivity (Wildman–Crippen MR) is 142 cm³/mol. The van der Waals surface area contributed by atoms with Crippen LogP contribution in [0.3, 0.4) is 0 Å². The largest absolute Gasteiger partial charge is 0.481 e. The van der Waals surface area contributed by atoms with E-state index in [1.165, 1.54) is 0 Å². The summed E-state index contributed by atoms with van der Waals surface area (Å²) in [5, 5.41) is 39.8. The number of aliphatic hydroxyl groups is 3. The molecule has 0 aromatic heterocycles. The summed E-state index contributed by atoms with van der Waals surface area (Å²) in [7, 11) is 0. The Labute approximate surface area is 225 Å². The van der Waals surface area contributed by atoms with Gasteiger partial charge in [-0.2, -0.15) is 0 Å². The first-order valence-corrected chi connectivity index (χ1v) is 13.5. The molecular formula is C30H42O8. The number of aryl methyl sites for hydroxylation is 1. The maximum atomic E-state index is 13.5. The maximum absolute atomic E-state index is 13.5. The molecule has 0 unspecified atom stereocenters. The zero-order chi connectivity index (χ0) is 28.0. The second-order valence-corrected chi connectivity index (χ2v) is 11.0. The molecule has 1 aromatic rings. The van der Waals surface area contributed by atoms with Crippen LogP contribution in [0, 0.1) is 24.7 Å². The Morgan fingerprint density at radius 1 is 1.16 bits per heavy atom. The van der Waals surface area contributed by atoms with E-state index in [2.05, 4.69) is 13.0 Å². The minimum atomic E-state index is -1.20. The van der Waals surface area contributed by atoms with Gasteiger partial charge in [-0.15, -0.1) is 0 Å². The third kappa shape index (κ3) is 7.68. The first-order valence-electron chi connectivity index (χ1n) is 13.5. The minimum Gasteiger partial charge on any atom is -0.481 e.